The Kier molecular flexibility index (Phi) is 4.79. The first-order valence-electron chi connectivity index (χ1n) is 5.93. The number of terminal acetylenes is 1. The molecule has 0 heterocycles. The van der Waals surface area contributed by atoms with Gasteiger partial charge in [-0.2, -0.15) is 0 Å². The summed E-state index contributed by atoms with van der Waals surface area (Å²) in [5.74, 6) is 2.56. The molecule has 18 heavy (non-hydrogen) atoms. The lowest BCUT2D eigenvalue weighted by Gasteiger charge is -2.19. The van der Waals surface area contributed by atoms with Crippen LogP contribution >= 0.6 is 0 Å². The van der Waals surface area contributed by atoms with Gasteiger partial charge in [0.05, 0.1) is 0 Å². The predicted octanol–water partition coefficient (Wildman–Crippen LogP) is 2.98. The van der Waals surface area contributed by atoms with Gasteiger partial charge in [-0.15, -0.1) is 6.42 Å². The molecule has 3 heteroatoms. The molecule has 0 atom stereocenters. The summed E-state index contributed by atoms with van der Waals surface area (Å²) < 4.78 is 5.14. The molecule has 1 N–H and O–H groups in total. The van der Waals surface area contributed by atoms with Crippen LogP contribution in [0.1, 0.15) is 33.3 Å². The third-order valence-corrected chi connectivity index (χ3v) is 2.20. The largest absolute Gasteiger partial charge is 0.444 e. The van der Waals surface area contributed by atoms with Crippen LogP contribution in [0.15, 0.2) is 24.3 Å². The lowest BCUT2D eigenvalue weighted by atomic mass is 10.1. The molecule has 1 rings (SSSR count). The van der Waals surface area contributed by atoms with Crippen LogP contribution in [0.3, 0.4) is 0 Å². The molecule has 98 valence electrons. The molecule has 0 spiro atoms. The average molecular weight is 247 g/mol. The van der Waals surface area contributed by atoms with E-state index in [2.05, 4.69) is 11.2 Å². The number of benzene rings is 1. The van der Waals surface area contributed by atoms with Gasteiger partial charge in [0.15, 0.2) is 0 Å². The molecule has 0 bridgehead atoms. The van der Waals surface area contributed by atoms with E-state index in [0.29, 0.717) is 6.54 Å². The Morgan fingerprint density at radius 1 is 1.39 bits per heavy atom. The van der Waals surface area contributed by atoms with E-state index in [1.165, 1.54) is 0 Å². The molecule has 3 nitrogen and oxygen atoms in total. The van der Waals surface area contributed by atoms with Gasteiger partial charge in [0, 0.05) is 13.5 Å². The van der Waals surface area contributed by atoms with Crippen LogP contribution in [0.25, 0.3) is 0 Å². The van der Waals surface area contributed by atoms with Crippen molar-refractivity contribution < 1.29 is 11.0 Å². The van der Waals surface area contributed by atoms with Gasteiger partial charge in [-0.05, 0) is 44.9 Å². The maximum Gasteiger partial charge on any atom is 0.407 e. The van der Waals surface area contributed by atoms with Gasteiger partial charge in [-0.25, -0.2) is 4.79 Å². The van der Waals surface area contributed by atoms with Crippen molar-refractivity contribution in [3.63, 3.8) is 0 Å². The number of rotatable bonds is 3. The Bertz CT molecular complexity index is 441. The van der Waals surface area contributed by atoms with Gasteiger partial charge in [0.2, 0.25) is 0 Å². The van der Waals surface area contributed by atoms with E-state index < -0.39 is 5.60 Å². The van der Waals surface area contributed by atoms with Crippen LogP contribution in [-0.4, -0.2) is 18.2 Å². The summed E-state index contributed by atoms with van der Waals surface area (Å²) in [7, 11) is 0. The van der Waals surface area contributed by atoms with Gasteiger partial charge < -0.3 is 10.1 Å². The van der Waals surface area contributed by atoms with E-state index in [1.807, 2.05) is 45.0 Å². The number of ether oxygens (including phenoxy) is 1. The van der Waals surface area contributed by atoms with Crippen LogP contribution in [0.5, 0.6) is 0 Å². The minimum atomic E-state index is -0.460. The van der Waals surface area contributed by atoms with Gasteiger partial charge in [0.25, 0.3) is 0 Å². The monoisotopic (exact) mass is 247 g/mol. The molecule has 0 unspecified atom stereocenters. The summed E-state index contributed by atoms with van der Waals surface area (Å²) in [6.07, 6.45) is 5.64. The van der Waals surface area contributed by atoms with Crippen molar-refractivity contribution in [2.24, 2.45) is 0 Å². The summed E-state index contributed by atoms with van der Waals surface area (Å²) in [5.41, 5.74) is 1.53. The quantitative estimate of drug-likeness (QED) is 0.834. The summed E-state index contributed by atoms with van der Waals surface area (Å²) in [6.45, 7) is 6.06. The van der Waals surface area contributed by atoms with Crippen molar-refractivity contribution in [3.05, 3.63) is 35.4 Å². The van der Waals surface area contributed by atoms with Crippen molar-refractivity contribution in [1.29, 1.82) is 0 Å². The molecule has 0 radical (unpaired) electrons. The first-order chi connectivity index (χ1) is 8.40. The SMILES string of the molecule is C#Cc1ccc(CCNC(=O)OC(C)(C)C)cc1.[HH]. The fraction of sp³-hybridized carbons (Fsp3) is 0.400. The van der Waals surface area contributed by atoms with Crippen LogP contribution in [-0.2, 0) is 11.2 Å². The summed E-state index contributed by atoms with van der Waals surface area (Å²) in [4.78, 5) is 11.4. The lowest BCUT2D eigenvalue weighted by molar-refractivity contribution is 0.0528. The average Bonchev–Trinajstić information content (AvgIpc) is 2.27. The highest BCUT2D eigenvalue weighted by atomic mass is 16.6. The maximum absolute atomic E-state index is 11.4. The third-order valence-electron chi connectivity index (χ3n) is 2.20. The van der Waals surface area contributed by atoms with E-state index in [1.54, 1.807) is 0 Å². The standard InChI is InChI=1S/C15H19NO2.H2/c1-5-12-6-8-13(9-7-12)10-11-16-14(17)18-15(2,3)4;/h1,6-9H,10-11H2,2-4H3,(H,16,17);1H. The fourth-order valence-electron chi connectivity index (χ4n) is 1.39. The highest BCUT2D eigenvalue weighted by molar-refractivity contribution is 5.67. The number of amides is 1. The van der Waals surface area contributed by atoms with E-state index in [9.17, 15) is 4.79 Å². The Morgan fingerprint density at radius 2 is 2.00 bits per heavy atom. The summed E-state index contributed by atoms with van der Waals surface area (Å²) in [5, 5.41) is 2.71. The zero-order valence-electron chi connectivity index (χ0n) is 11.1. The van der Waals surface area contributed by atoms with E-state index in [0.717, 1.165) is 17.5 Å². The zero-order chi connectivity index (χ0) is 13.6. The van der Waals surface area contributed by atoms with Gasteiger partial charge in [0.1, 0.15) is 5.60 Å². The van der Waals surface area contributed by atoms with E-state index in [-0.39, 0.29) is 7.52 Å². The molecule has 1 amide bonds. The fourth-order valence-corrected chi connectivity index (χ4v) is 1.39. The molecule has 0 aromatic heterocycles. The Labute approximate surface area is 110 Å². The number of hydrogen-bond acceptors (Lipinski definition) is 2. The molecule has 0 aliphatic rings. The van der Waals surface area contributed by atoms with Crippen molar-refractivity contribution >= 4 is 6.09 Å². The first kappa shape index (κ1) is 14.1. The molecular formula is C15H21NO2. The van der Waals surface area contributed by atoms with Crippen molar-refractivity contribution in [3.8, 4) is 12.3 Å². The van der Waals surface area contributed by atoms with E-state index in [4.69, 9.17) is 11.2 Å². The number of carbonyl (C=O) groups is 1. The number of carbonyl (C=O) groups excluding carboxylic acids is 1. The minimum Gasteiger partial charge on any atom is -0.444 e. The Hall–Kier alpha value is -1.95. The van der Waals surface area contributed by atoms with Crippen LogP contribution in [0.4, 0.5) is 4.79 Å². The van der Waals surface area contributed by atoms with E-state index >= 15 is 0 Å². The molecule has 0 aliphatic carbocycles. The highest BCUT2D eigenvalue weighted by Crippen LogP contribution is 2.07. The van der Waals surface area contributed by atoms with Gasteiger partial charge in [-0.1, -0.05) is 18.1 Å². The molecule has 0 aliphatic heterocycles. The number of alkyl carbamates (subject to hydrolysis) is 1. The maximum atomic E-state index is 11.4. The smallest absolute Gasteiger partial charge is 0.407 e. The zero-order valence-corrected chi connectivity index (χ0v) is 11.1. The summed E-state index contributed by atoms with van der Waals surface area (Å²) in [6, 6.07) is 7.71. The lowest BCUT2D eigenvalue weighted by Crippen LogP contribution is -2.33. The number of hydrogen-bond donors (Lipinski definition) is 1. The molecule has 0 saturated heterocycles. The predicted molar refractivity (Wildman–Crippen MR) is 74.4 cm³/mol. The molecule has 1 aromatic carbocycles. The van der Waals surface area contributed by atoms with Crippen molar-refractivity contribution in [2.75, 3.05) is 6.54 Å². The molecule has 1 aromatic rings. The van der Waals surface area contributed by atoms with Crippen LogP contribution in [0, 0.1) is 12.3 Å². The Balaban J connectivity index is 0.00000324. The highest BCUT2D eigenvalue weighted by Gasteiger charge is 2.15. The van der Waals surface area contributed by atoms with Crippen molar-refractivity contribution in [2.45, 2.75) is 32.8 Å². The van der Waals surface area contributed by atoms with Crippen LogP contribution < -0.4 is 5.32 Å². The second kappa shape index (κ2) is 6.11. The van der Waals surface area contributed by atoms with Gasteiger partial charge >= 0.3 is 6.09 Å². The molecule has 0 fully saturated rings. The molecular weight excluding hydrogens is 226 g/mol. The first-order valence-corrected chi connectivity index (χ1v) is 5.93. The normalized spacial score (nSPS) is 10.6. The third kappa shape index (κ3) is 5.40. The molecule has 0 saturated carbocycles. The van der Waals surface area contributed by atoms with Crippen LogP contribution in [0.2, 0.25) is 0 Å². The summed E-state index contributed by atoms with van der Waals surface area (Å²) >= 11 is 0. The van der Waals surface area contributed by atoms with Crippen molar-refractivity contribution in [1.82, 2.24) is 5.32 Å². The minimum absolute atomic E-state index is 0. The number of nitrogens with one attached hydrogen (secondary N) is 1. The topological polar surface area (TPSA) is 38.3 Å². The second-order valence-electron chi connectivity index (χ2n) is 5.02. The van der Waals surface area contributed by atoms with Gasteiger partial charge in [-0.3, -0.25) is 0 Å². The second-order valence-corrected chi connectivity index (χ2v) is 5.02. The Morgan fingerprint density at radius 3 is 2.50 bits per heavy atom.